The van der Waals surface area contributed by atoms with E-state index in [-0.39, 0.29) is 41.3 Å². The first-order chi connectivity index (χ1) is 36.6. The van der Waals surface area contributed by atoms with Crippen LogP contribution in [0, 0.1) is 12.8 Å². The van der Waals surface area contributed by atoms with E-state index in [0.717, 1.165) is 80.5 Å². The van der Waals surface area contributed by atoms with Crippen LogP contribution in [0.1, 0.15) is 115 Å². The molecule has 0 spiro atoms. The van der Waals surface area contributed by atoms with E-state index in [4.69, 9.17) is 19.6 Å². The van der Waals surface area contributed by atoms with Gasteiger partial charge < -0.3 is 24.2 Å². The fourth-order valence-corrected chi connectivity index (χ4v) is 12.3. The predicted molar refractivity (Wildman–Crippen MR) is 294 cm³/mol. The lowest BCUT2D eigenvalue weighted by molar-refractivity contribution is -0.134. The van der Waals surface area contributed by atoms with E-state index in [0.29, 0.717) is 92.7 Å². The maximum atomic E-state index is 14.1. The number of carbonyl (C=O) groups excluding carboxylic acids is 5. The van der Waals surface area contributed by atoms with Crippen LogP contribution < -0.4 is 25.2 Å². The summed E-state index contributed by atoms with van der Waals surface area (Å²) < 4.78 is 15.6. The molecule has 1 aliphatic carbocycles. The first kappa shape index (κ1) is 50.5. The number of esters is 1. The molecular weight excluding hydrogens is 979 g/mol. The Morgan fingerprint density at radius 3 is 2.36 bits per heavy atom. The summed E-state index contributed by atoms with van der Waals surface area (Å²) in [7, 11) is 1.89. The number of nitrogens with zero attached hydrogens (tertiary/aromatic N) is 7. The average Bonchev–Trinajstić information content (AvgIpc) is 4.00. The minimum absolute atomic E-state index is 0.0185. The molecule has 7 aromatic rings. The molecule has 4 aromatic carbocycles. The second-order valence-electron chi connectivity index (χ2n) is 21.6. The molecule has 0 bridgehead atoms. The van der Waals surface area contributed by atoms with Crippen molar-refractivity contribution in [3.63, 3.8) is 0 Å². The maximum absolute atomic E-state index is 14.1. The Bertz CT molecular complexity index is 3380. The van der Waals surface area contributed by atoms with Crippen molar-refractivity contribution in [3.8, 4) is 16.9 Å². The summed E-state index contributed by atoms with van der Waals surface area (Å²) in [6, 6.07) is 29.5. The number of anilines is 3. The zero-order chi connectivity index (χ0) is 52.8. The van der Waals surface area contributed by atoms with Gasteiger partial charge in [-0.2, -0.15) is 5.10 Å². The van der Waals surface area contributed by atoms with Gasteiger partial charge in [-0.05, 0) is 137 Å². The van der Waals surface area contributed by atoms with Crippen LogP contribution in [0.5, 0.6) is 5.75 Å². The molecule has 1 atom stereocenters. The van der Waals surface area contributed by atoms with Crippen molar-refractivity contribution in [2.75, 3.05) is 47.8 Å². The highest BCUT2D eigenvalue weighted by Crippen LogP contribution is 2.39. The second kappa shape index (κ2) is 20.8. The topological polar surface area (TPSA) is 181 Å². The number of thiazole rings is 1. The normalized spacial score (nSPS) is 19.1. The fourth-order valence-electron chi connectivity index (χ4n) is 11.5. The average molecular weight is 1040 g/mol. The molecule has 17 heteroatoms. The van der Waals surface area contributed by atoms with Crippen molar-refractivity contribution < 1.29 is 33.4 Å². The molecule has 2 N–H and O–H groups in total. The number of imide groups is 1. The van der Waals surface area contributed by atoms with Gasteiger partial charge in [-0.1, -0.05) is 59.9 Å². The highest BCUT2D eigenvalue weighted by atomic mass is 32.1. The molecule has 3 fully saturated rings. The summed E-state index contributed by atoms with van der Waals surface area (Å²) in [5, 5.41) is 11.7. The largest absolute Gasteiger partial charge is 0.490 e. The number of ether oxygens (including phenoxy) is 2. The van der Waals surface area contributed by atoms with Crippen LogP contribution in [-0.4, -0.2) is 98.7 Å². The van der Waals surface area contributed by atoms with E-state index in [1.165, 1.54) is 11.3 Å². The quantitative estimate of drug-likeness (QED) is 0.0927. The van der Waals surface area contributed by atoms with Crippen molar-refractivity contribution in [1.29, 1.82) is 0 Å². The second-order valence-corrected chi connectivity index (χ2v) is 22.6. The summed E-state index contributed by atoms with van der Waals surface area (Å²) >= 11 is 1.44. The number of rotatable bonds is 11. The van der Waals surface area contributed by atoms with Gasteiger partial charge in [-0.15, -0.1) is 0 Å². The van der Waals surface area contributed by atoms with Crippen LogP contribution in [0.15, 0.2) is 91.0 Å². The molecule has 1 unspecified atom stereocenters. The molecule has 4 amide bonds. The van der Waals surface area contributed by atoms with Crippen molar-refractivity contribution in [1.82, 2.24) is 30.0 Å². The first-order valence-electron chi connectivity index (χ1n) is 26.5. The third-order valence-corrected chi connectivity index (χ3v) is 16.3. The van der Waals surface area contributed by atoms with E-state index in [2.05, 4.69) is 37.6 Å². The molecule has 392 valence electrons. The molecule has 3 aromatic heterocycles. The van der Waals surface area contributed by atoms with Crippen LogP contribution in [0.25, 0.3) is 32.2 Å². The molecule has 3 aliphatic heterocycles. The summed E-state index contributed by atoms with van der Waals surface area (Å²) in [5.74, 6) is 0.0506. The third kappa shape index (κ3) is 10.4. The van der Waals surface area contributed by atoms with Crippen LogP contribution in [-0.2, 0) is 39.1 Å². The summed E-state index contributed by atoms with van der Waals surface area (Å²) in [4.78, 5) is 82.4. The molecule has 76 heavy (non-hydrogen) atoms. The van der Waals surface area contributed by atoms with E-state index < -0.39 is 17.5 Å². The Labute approximate surface area is 445 Å². The van der Waals surface area contributed by atoms with Gasteiger partial charge in [0, 0.05) is 75.7 Å². The minimum atomic E-state index is -0.759. The predicted octanol–water partition coefficient (Wildman–Crippen LogP) is 9.52. The van der Waals surface area contributed by atoms with Crippen LogP contribution in [0.3, 0.4) is 0 Å². The standard InChI is InChI=1S/C59H63N9O7S/c1-35-39(40-23-25-49(61-53(40)57(73)75-59(2,3)4)68-28-27-37-11-8-13-41(44(37)34-68)55(71)63-58-60-45-15-6-7-18-48(45)76-58)12-10-17-47(35)74-38-21-19-36(20-22-38)33-51(70)67-31-29-66(30-32-67)46-16-9-14-42-52(64-65(5)54(42)46)43-24-26-50(69)62-56(43)72/h6-18,23,25,36,38,43H,19-22,24,26-34H2,1-5H3,(H,60,63,71)(H,62,69,72)/t36-,38-,43?. The molecule has 1 saturated carbocycles. The number of hydrogen-bond donors (Lipinski definition) is 2. The van der Waals surface area contributed by atoms with Crippen LogP contribution in [0.2, 0.25) is 0 Å². The van der Waals surface area contributed by atoms with E-state index >= 15 is 0 Å². The highest BCUT2D eigenvalue weighted by Gasteiger charge is 2.34. The molecular formula is C59H63N9O7S. The number of hydrogen-bond acceptors (Lipinski definition) is 13. The van der Waals surface area contributed by atoms with Gasteiger partial charge in [0.2, 0.25) is 17.7 Å². The van der Waals surface area contributed by atoms with Crippen molar-refractivity contribution >= 4 is 78.7 Å². The zero-order valence-electron chi connectivity index (χ0n) is 43.7. The first-order valence-corrected chi connectivity index (χ1v) is 27.3. The van der Waals surface area contributed by atoms with Gasteiger partial charge in [0.25, 0.3) is 5.91 Å². The van der Waals surface area contributed by atoms with Crippen molar-refractivity contribution in [2.45, 2.75) is 103 Å². The smallest absolute Gasteiger partial charge is 0.358 e. The monoisotopic (exact) mass is 1040 g/mol. The summed E-state index contributed by atoms with van der Waals surface area (Å²) in [6.07, 6.45) is 5.35. The molecule has 6 heterocycles. The number of nitrogens with one attached hydrogen (secondary N) is 2. The number of benzene rings is 4. The summed E-state index contributed by atoms with van der Waals surface area (Å²) in [6.45, 7) is 11.2. The lowest BCUT2D eigenvalue weighted by Crippen LogP contribution is -2.49. The van der Waals surface area contributed by atoms with E-state index in [1.807, 2.05) is 123 Å². The Kier molecular flexibility index (Phi) is 13.8. The van der Waals surface area contributed by atoms with Gasteiger partial charge in [-0.3, -0.25) is 34.5 Å². The number of amides is 4. The Morgan fingerprint density at radius 2 is 1.58 bits per heavy atom. The zero-order valence-corrected chi connectivity index (χ0v) is 44.5. The van der Waals surface area contributed by atoms with Crippen LogP contribution >= 0.6 is 11.3 Å². The third-order valence-electron chi connectivity index (χ3n) is 15.4. The van der Waals surface area contributed by atoms with E-state index in [9.17, 15) is 24.0 Å². The Morgan fingerprint density at radius 1 is 0.803 bits per heavy atom. The van der Waals surface area contributed by atoms with Gasteiger partial charge in [-0.25, -0.2) is 14.8 Å². The number of piperazine rings is 1. The molecule has 2 saturated heterocycles. The molecule has 11 rings (SSSR count). The fraction of sp³-hybridized carbons (Fsp3) is 0.390. The number of carbonyl (C=O) groups is 5. The number of fused-ring (bicyclic) bond motifs is 3. The van der Waals surface area contributed by atoms with Gasteiger partial charge in [0.05, 0.1) is 39.1 Å². The number of pyridine rings is 1. The summed E-state index contributed by atoms with van der Waals surface area (Å²) in [5.41, 5.74) is 7.89. The Hall–Kier alpha value is -7.66. The maximum Gasteiger partial charge on any atom is 0.358 e. The number of aromatic nitrogens is 4. The van der Waals surface area contributed by atoms with Crippen LogP contribution in [0.4, 0.5) is 16.6 Å². The van der Waals surface area contributed by atoms with Gasteiger partial charge in [0.1, 0.15) is 17.2 Å². The Balaban J connectivity index is 0.726. The van der Waals surface area contributed by atoms with Crippen molar-refractivity contribution in [2.24, 2.45) is 13.0 Å². The SMILES string of the molecule is Cc1c(O[C@H]2CC[C@H](CC(=O)N3CCN(c4cccc5c(C6CCC(=O)NC6=O)nn(C)c45)CC3)CC2)cccc1-c1ccc(N2CCc3cccc(C(=O)Nc4nc5ccccc5s4)c3C2)nc1C(=O)OC(C)(C)C. The van der Waals surface area contributed by atoms with Crippen molar-refractivity contribution in [3.05, 3.63) is 125 Å². The molecule has 4 aliphatic rings. The highest BCUT2D eigenvalue weighted by molar-refractivity contribution is 7.22. The number of para-hydroxylation sites is 2. The number of piperidine rings is 1. The minimum Gasteiger partial charge on any atom is -0.490 e. The van der Waals surface area contributed by atoms with E-state index in [1.54, 1.807) is 0 Å². The molecule has 0 radical (unpaired) electrons. The lowest BCUT2D eigenvalue weighted by atomic mass is 9.85. The van der Waals surface area contributed by atoms with Gasteiger partial charge >= 0.3 is 5.97 Å². The molecule has 16 nitrogen and oxygen atoms in total. The lowest BCUT2D eigenvalue weighted by Gasteiger charge is -2.37. The number of aryl methyl sites for hydroxylation is 1. The van der Waals surface area contributed by atoms with Gasteiger partial charge in [0.15, 0.2) is 10.8 Å².